The molecule has 0 unspecified atom stereocenters. The predicted molar refractivity (Wildman–Crippen MR) is 89.3 cm³/mol. The van der Waals surface area contributed by atoms with Crippen LogP contribution in [0.4, 0.5) is 15.3 Å². The van der Waals surface area contributed by atoms with E-state index in [-0.39, 0.29) is 12.1 Å². The molecule has 1 aromatic carbocycles. The molecule has 0 saturated heterocycles. The molecule has 1 rings (SSSR count). The smallest absolute Gasteiger partial charge is 0.319 e. The molecule has 122 valence electrons. The van der Waals surface area contributed by atoms with Crippen molar-refractivity contribution in [2.75, 3.05) is 32.5 Å². The Bertz CT molecular complexity index is 515. The Labute approximate surface area is 132 Å². The van der Waals surface area contributed by atoms with E-state index in [1.807, 2.05) is 18.2 Å². The van der Waals surface area contributed by atoms with Gasteiger partial charge in [0.2, 0.25) is 0 Å². The standard InChI is InChI=1S/C16H26N4O2/c1-5-12-7-8-14(11-13(12)6-2)19-15(21)17-9-10-18-16(22)20(3)4/h7-8,11H,5-6,9-10H2,1-4H3,(H,18,22)(H2,17,19,21). The van der Waals surface area contributed by atoms with Crippen LogP contribution in [0.5, 0.6) is 0 Å². The predicted octanol–water partition coefficient (Wildman–Crippen LogP) is 2.20. The molecule has 3 N–H and O–H groups in total. The summed E-state index contributed by atoms with van der Waals surface area (Å²) in [6.07, 6.45) is 1.93. The van der Waals surface area contributed by atoms with Gasteiger partial charge in [-0.25, -0.2) is 9.59 Å². The van der Waals surface area contributed by atoms with Crippen LogP contribution in [0.2, 0.25) is 0 Å². The summed E-state index contributed by atoms with van der Waals surface area (Å²) in [5.74, 6) is 0. The lowest BCUT2D eigenvalue weighted by atomic mass is 10.0. The van der Waals surface area contributed by atoms with Gasteiger partial charge in [0.05, 0.1) is 0 Å². The summed E-state index contributed by atoms with van der Waals surface area (Å²) < 4.78 is 0. The van der Waals surface area contributed by atoms with Gasteiger partial charge in [-0.15, -0.1) is 0 Å². The third kappa shape index (κ3) is 5.63. The van der Waals surface area contributed by atoms with Gasteiger partial charge in [-0.05, 0) is 36.1 Å². The number of amides is 4. The van der Waals surface area contributed by atoms with Crippen molar-refractivity contribution in [2.24, 2.45) is 0 Å². The molecule has 0 radical (unpaired) electrons. The molecule has 6 nitrogen and oxygen atoms in total. The van der Waals surface area contributed by atoms with Gasteiger partial charge in [0.1, 0.15) is 0 Å². The van der Waals surface area contributed by atoms with Gasteiger partial charge in [0, 0.05) is 32.9 Å². The lowest BCUT2D eigenvalue weighted by molar-refractivity contribution is 0.217. The highest BCUT2D eigenvalue weighted by Crippen LogP contribution is 2.17. The Hall–Kier alpha value is -2.24. The topological polar surface area (TPSA) is 73.5 Å². The van der Waals surface area contributed by atoms with Crippen LogP contribution in [0.3, 0.4) is 0 Å². The van der Waals surface area contributed by atoms with Crippen molar-refractivity contribution < 1.29 is 9.59 Å². The molecule has 0 aromatic heterocycles. The van der Waals surface area contributed by atoms with Crippen LogP contribution in [-0.2, 0) is 12.8 Å². The number of nitrogens with one attached hydrogen (secondary N) is 3. The first kappa shape index (κ1) is 17.8. The summed E-state index contributed by atoms with van der Waals surface area (Å²) in [5, 5.41) is 8.19. The third-order valence-electron chi connectivity index (χ3n) is 3.32. The molecule has 1 aromatic rings. The molecule has 22 heavy (non-hydrogen) atoms. The van der Waals surface area contributed by atoms with Crippen LogP contribution in [0.15, 0.2) is 18.2 Å². The number of hydrogen-bond acceptors (Lipinski definition) is 2. The van der Waals surface area contributed by atoms with Crippen molar-refractivity contribution in [2.45, 2.75) is 26.7 Å². The lowest BCUT2D eigenvalue weighted by Gasteiger charge is -2.13. The fourth-order valence-electron chi connectivity index (χ4n) is 2.06. The Morgan fingerprint density at radius 2 is 1.64 bits per heavy atom. The average molecular weight is 306 g/mol. The first-order valence-electron chi connectivity index (χ1n) is 7.59. The molecule has 0 aliphatic heterocycles. The quantitative estimate of drug-likeness (QED) is 0.705. The monoisotopic (exact) mass is 306 g/mol. The van der Waals surface area contributed by atoms with Crippen molar-refractivity contribution in [3.05, 3.63) is 29.3 Å². The fraction of sp³-hybridized carbons (Fsp3) is 0.500. The second-order valence-corrected chi connectivity index (χ2v) is 5.20. The van der Waals surface area contributed by atoms with Crippen molar-refractivity contribution in [1.29, 1.82) is 0 Å². The number of carbonyl (C=O) groups excluding carboxylic acids is 2. The first-order valence-corrected chi connectivity index (χ1v) is 7.59. The van der Waals surface area contributed by atoms with Gasteiger partial charge in [0.25, 0.3) is 0 Å². The van der Waals surface area contributed by atoms with E-state index >= 15 is 0 Å². The maximum atomic E-state index is 11.8. The second kappa shape index (κ2) is 8.92. The van der Waals surface area contributed by atoms with E-state index in [9.17, 15) is 9.59 Å². The van der Waals surface area contributed by atoms with Gasteiger partial charge in [-0.1, -0.05) is 19.9 Å². The zero-order chi connectivity index (χ0) is 16.5. The highest BCUT2D eigenvalue weighted by molar-refractivity contribution is 5.89. The van der Waals surface area contributed by atoms with Gasteiger partial charge in [-0.3, -0.25) is 0 Å². The number of urea groups is 2. The van der Waals surface area contributed by atoms with Crippen LogP contribution in [0, 0.1) is 0 Å². The van der Waals surface area contributed by atoms with Crippen LogP contribution in [0.1, 0.15) is 25.0 Å². The van der Waals surface area contributed by atoms with Crippen LogP contribution in [-0.4, -0.2) is 44.1 Å². The van der Waals surface area contributed by atoms with Crippen molar-refractivity contribution in [1.82, 2.24) is 15.5 Å². The van der Waals surface area contributed by atoms with Crippen LogP contribution in [0.25, 0.3) is 0 Å². The highest BCUT2D eigenvalue weighted by atomic mass is 16.2. The van der Waals surface area contributed by atoms with Gasteiger partial charge < -0.3 is 20.9 Å². The molecule has 0 heterocycles. The molecule has 0 bridgehead atoms. The van der Waals surface area contributed by atoms with Gasteiger partial charge in [-0.2, -0.15) is 0 Å². The summed E-state index contributed by atoms with van der Waals surface area (Å²) in [6, 6.07) is 5.51. The summed E-state index contributed by atoms with van der Waals surface area (Å²) in [4.78, 5) is 24.5. The third-order valence-corrected chi connectivity index (χ3v) is 3.32. The second-order valence-electron chi connectivity index (χ2n) is 5.20. The first-order chi connectivity index (χ1) is 10.5. The number of rotatable bonds is 6. The van der Waals surface area contributed by atoms with Crippen molar-refractivity contribution in [3.63, 3.8) is 0 Å². The average Bonchev–Trinajstić information content (AvgIpc) is 2.50. The lowest BCUT2D eigenvalue weighted by Crippen LogP contribution is -2.40. The zero-order valence-electron chi connectivity index (χ0n) is 13.8. The molecule has 0 saturated carbocycles. The van der Waals surface area contributed by atoms with E-state index < -0.39 is 0 Å². The summed E-state index contributed by atoms with van der Waals surface area (Å²) in [6.45, 7) is 4.99. The highest BCUT2D eigenvalue weighted by Gasteiger charge is 2.05. The molecule has 4 amide bonds. The van der Waals surface area contributed by atoms with E-state index in [4.69, 9.17) is 0 Å². The Morgan fingerprint density at radius 3 is 2.23 bits per heavy atom. The van der Waals surface area contributed by atoms with E-state index in [0.29, 0.717) is 13.1 Å². The molecule has 0 fully saturated rings. The van der Waals surface area contributed by atoms with E-state index in [1.165, 1.54) is 16.0 Å². The summed E-state index contributed by atoms with van der Waals surface area (Å²) in [7, 11) is 3.33. The number of benzene rings is 1. The number of hydrogen-bond donors (Lipinski definition) is 3. The normalized spacial score (nSPS) is 10.0. The van der Waals surface area contributed by atoms with Gasteiger partial charge in [0.15, 0.2) is 0 Å². The van der Waals surface area contributed by atoms with Gasteiger partial charge >= 0.3 is 12.1 Å². The molecule has 0 aliphatic rings. The SMILES string of the molecule is CCc1ccc(NC(=O)NCCNC(=O)N(C)C)cc1CC. The van der Waals surface area contributed by atoms with E-state index in [1.54, 1.807) is 14.1 Å². The molecule has 0 aliphatic carbocycles. The Balaban J connectivity index is 2.40. The zero-order valence-corrected chi connectivity index (χ0v) is 13.8. The largest absolute Gasteiger partial charge is 0.336 e. The van der Waals surface area contributed by atoms with Crippen molar-refractivity contribution >= 4 is 17.7 Å². The summed E-state index contributed by atoms with van der Waals surface area (Å²) in [5.41, 5.74) is 3.34. The minimum Gasteiger partial charge on any atom is -0.336 e. The van der Waals surface area contributed by atoms with Crippen LogP contribution >= 0.6 is 0 Å². The fourth-order valence-corrected chi connectivity index (χ4v) is 2.06. The molecular formula is C16H26N4O2. The van der Waals surface area contributed by atoms with E-state index in [0.717, 1.165) is 18.5 Å². The number of carbonyl (C=O) groups is 2. The minimum atomic E-state index is -0.273. The maximum absolute atomic E-state index is 11.8. The Morgan fingerprint density at radius 1 is 1.00 bits per heavy atom. The summed E-state index contributed by atoms with van der Waals surface area (Å²) >= 11 is 0. The van der Waals surface area contributed by atoms with Crippen molar-refractivity contribution in [3.8, 4) is 0 Å². The Kier molecular flexibility index (Phi) is 7.22. The number of nitrogens with zero attached hydrogens (tertiary/aromatic N) is 1. The number of anilines is 1. The molecule has 0 atom stereocenters. The molecular weight excluding hydrogens is 280 g/mol. The van der Waals surface area contributed by atoms with Crippen LogP contribution < -0.4 is 16.0 Å². The minimum absolute atomic E-state index is 0.176. The maximum Gasteiger partial charge on any atom is 0.319 e. The molecule has 6 heteroatoms. The molecule has 0 spiro atoms. The number of aryl methyl sites for hydroxylation is 2. The van der Waals surface area contributed by atoms with E-state index in [2.05, 4.69) is 29.8 Å².